The van der Waals surface area contributed by atoms with E-state index in [4.69, 9.17) is 0 Å². The molecule has 30 heavy (non-hydrogen) atoms. The van der Waals surface area contributed by atoms with E-state index in [2.05, 4.69) is 28.9 Å². The third-order valence-electron chi connectivity index (χ3n) is 4.49. The SMILES string of the molecule is CSc1c[c-]c(-c2nnc(-c3ccc(CS)c(F)c3)n2-c2ccccc2)cc1F.[Ir]. The van der Waals surface area contributed by atoms with Crippen LogP contribution in [0.25, 0.3) is 28.5 Å². The van der Waals surface area contributed by atoms with Gasteiger partial charge in [0.2, 0.25) is 0 Å². The van der Waals surface area contributed by atoms with Crippen LogP contribution >= 0.6 is 24.4 Å². The summed E-state index contributed by atoms with van der Waals surface area (Å²) >= 11 is 5.45. The molecule has 1 radical (unpaired) electrons. The molecule has 0 unspecified atom stereocenters. The summed E-state index contributed by atoms with van der Waals surface area (Å²) in [5.41, 5.74) is 2.32. The normalized spacial score (nSPS) is 10.7. The van der Waals surface area contributed by atoms with Crippen molar-refractivity contribution in [2.75, 3.05) is 6.26 Å². The monoisotopic (exact) mass is 617 g/mol. The summed E-state index contributed by atoms with van der Waals surface area (Å²) < 4.78 is 30.5. The van der Waals surface area contributed by atoms with E-state index in [1.54, 1.807) is 29.0 Å². The van der Waals surface area contributed by atoms with Gasteiger partial charge in [-0.15, -0.1) is 28.9 Å². The molecular formula is C22H16F2IrN3S2-. The Kier molecular flexibility index (Phi) is 7.47. The molecule has 4 aromatic rings. The average Bonchev–Trinajstić information content (AvgIpc) is 3.19. The van der Waals surface area contributed by atoms with Crippen LogP contribution in [0.3, 0.4) is 0 Å². The number of thioether (sulfide) groups is 1. The van der Waals surface area contributed by atoms with E-state index in [0.29, 0.717) is 39.0 Å². The molecular weight excluding hydrogens is 601 g/mol. The fourth-order valence-electron chi connectivity index (χ4n) is 3.02. The van der Waals surface area contributed by atoms with Crippen LogP contribution in [-0.2, 0) is 25.9 Å². The van der Waals surface area contributed by atoms with Crippen LogP contribution in [0.4, 0.5) is 8.78 Å². The Hall–Kier alpha value is -1.99. The molecule has 8 heteroatoms. The van der Waals surface area contributed by atoms with Gasteiger partial charge in [0.15, 0.2) is 5.82 Å². The van der Waals surface area contributed by atoms with Crippen LogP contribution in [0, 0.1) is 17.7 Å². The number of halogens is 2. The maximum atomic E-state index is 14.4. The first-order valence-electron chi connectivity index (χ1n) is 8.78. The van der Waals surface area contributed by atoms with Gasteiger partial charge < -0.3 is 4.57 Å². The summed E-state index contributed by atoms with van der Waals surface area (Å²) in [5.74, 6) is 0.483. The van der Waals surface area contributed by atoms with Crippen molar-refractivity contribution in [2.45, 2.75) is 10.6 Å². The Balaban J connectivity index is 0.00000256. The first-order valence-corrected chi connectivity index (χ1v) is 10.6. The van der Waals surface area contributed by atoms with Gasteiger partial charge in [0.05, 0.1) is 11.6 Å². The smallest absolute Gasteiger partial charge is 0.159 e. The summed E-state index contributed by atoms with van der Waals surface area (Å²) in [4.78, 5) is 0.504. The van der Waals surface area contributed by atoms with Gasteiger partial charge in [-0.1, -0.05) is 30.3 Å². The molecule has 0 bridgehead atoms. The largest absolute Gasteiger partial charge is 0.316 e. The fourth-order valence-corrected chi connectivity index (χ4v) is 3.71. The first-order chi connectivity index (χ1) is 14.1. The topological polar surface area (TPSA) is 30.7 Å². The molecule has 3 aromatic carbocycles. The summed E-state index contributed by atoms with van der Waals surface area (Å²) in [6.45, 7) is 0. The molecule has 1 aromatic heterocycles. The minimum absolute atomic E-state index is 0. The molecule has 0 aliphatic rings. The minimum Gasteiger partial charge on any atom is -0.316 e. The van der Waals surface area contributed by atoms with Gasteiger partial charge in [-0.25, -0.2) is 8.78 Å². The van der Waals surface area contributed by atoms with Crippen molar-refractivity contribution >= 4 is 24.4 Å². The maximum Gasteiger partial charge on any atom is 0.159 e. The van der Waals surface area contributed by atoms with E-state index in [0.717, 1.165) is 5.69 Å². The second-order valence-corrected chi connectivity index (χ2v) is 7.41. The Bertz CT molecular complexity index is 1100. The second-order valence-electron chi connectivity index (χ2n) is 6.25. The van der Waals surface area contributed by atoms with Crippen molar-refractivity contribution in [1.29, 1.82) is 0 Å². The zero-order valence-electron chi connectivity index (χ0n) is 15.8. The predicted octanol–water partition coefficient (Wildman–Crippen LogP) is 5.83. The van der Waals surface area contributed by atoms with Crippen molar-refractivity contribution in [3.05, 3.63) is 83.9 Å². The van der Waals surface area contributed by atoms with E-state index in [9.17, 15) is 8.78 Å². The molecule has 0 saturated heterocycles. The van der Waals surface area contributed by atoms with Crippen LogP contribution < -0.4 is 0 Å². The third kappa shape index (κ3) is 4.37. The van der Waals surface area contributed by atoms with E-state index in [-0.39, 0.29) is 31.7 Å². The number of hydrogen-bond donors (Lipinski definition) is 1. The number of nitrogens with zero attached hydrogens (tertiary/aromatic N) is 3. The van der Waals surface area contributed by atoms with Crippen molar-refractivity contribution in [3.63, 3.8) is 0 Å². The van der Waals surface area contributed by atoms with Gasteiger partial charge >= 0.3 is 0 Å². The van der Waals surface area contributed by atoms with Gasteiger partial charge in [0.1, 0.15) is 5.82 Å². The molecule has 0 N–H and O–H groups in total. The maximum absolute atomic E-state index is 14.4. The zero-order valence-corrected chi connectivity index (χ0v) is 19.9. The Morgan fingerprint density at radius 1 is 1.00 bits per heavy atom. The van der Waals surface area contributed by atoms with Crippen LogP contribution in [0.5, 0.6) is 0 Å². The molecule has 1 heterocycles. The molecule has 0 aliphatic carbocycles. The Morgan fingerprint density at radius 2 is 1.73 bits per heavy atom. The summed E-state index contributed by atoms with van der Waals surface area (Å²) in [6, 6.07) is 20.4. The number of rotatable bonds is 5. The average molecular weight is 617 g/mol. The summed E-state index contributed by atoms with van der Waals surface area (Å²) in [6.07, 6.45) is 1.81. The first kappa shape index (κ1) is 22.7. The van der Waals surface area contributed by atoms with Gasteiger partial charge in [-0.05, 0) is 34.9 Å². The van der Waals surface area contributed by atoms with Gasteiger partial charge in [-0.3, -0.25) is 0 Å². The number of aromatic nitrogens is 3. The van der Waals surface area contributed by atoms with Gasteiger partial charge in [0, 0.05) is 37.1 Å². The molecule has 0 aliphatic heterocycles. The summed E-state index contributed by atoms with van der Waals surface area (Å²) in [5, 5.41) is 8.57. The number of para-hydroxylation sites is 1. The standard InChI is InChI=1S/C22H16F2N3S2.Ir/c1-29-20-10-9-15(12-19(20)24)22-26-25-21(27(22)17-5-3-2-4-6-17)14-7-8-16(13-28)18(23)11-14;/h2-8,10-12,28H,13H2,1H3;/q-1;. The van der Waals surface area contributed by atoms with Crippen LogP contribution in [0.2, 0.25) is 0 Å². The van der Waals surface area contributed by atoms with E-state index in [1.165, 1.54) is 23.9 Å². The Morgan fingerprint density at radius 3 is 2.37 bits per heavy atom. The number of benzene rings is 3. The van der Waals surface area contributed by atoms with Crippen molar-refractivity contribution in [1.82, 2.24) is 14.8 Å². The van der Waals surface area contributed by atoms with E-state index >= 15 is 0 Å². The van der Waals surface area contributed by atoms with E-state index in [1.807, 2.05) is 30.3 Å². The number of thiol groups is 1. The molecule has 3 nitrogen and oxygen atoms in total. The van der Waals surface area contributed by atoms with Crippen molar-refractivity contribution in [3.8, 4) is 28.5 Å². The zero-order chi connectivity index (χ0) is 20.4. The van der Waals surface area contributed by atoms with Crippen molar-refractivity contribution < 1.29 is 28.9 Å². The quantitative estimate of drug-likeness (QED) is 0.174. The molecule has 0 atom stereocenters. The van der Waals surface area contributed by atoms with Crippen molar-refractivity contribution in [2.24, 2.45) is 0 Å². The predicted molar refractivity (Wildman–Crippen MR) is 115 cm³/mol. The summed E-state index contributed by atoms with van der Waals surface area (Å²) in [7, 11) is 0. The molecule has 0 amide bonds. The van der Waals surface area contributed by atoms with E-state index < -0.39 is 0 Å². The molecule has 155 valence electrons. The molecule has 4 rings (SSSR count). The van der Waals surface area contributed by atoms with Crippen LogP contribution in [0.15, 0.2) is 65.6 Å². The second kappa shape index (κ2) is 9.88. The fraction of sp³-hybridized carbons (Fsp3) is 0.0909. The molecule has 0 fully saturated rings. The molecule has 0 saturated carbocycles. The number of hydrogen-bond acceptors (Lipinski definition) is 4. The van der Waals surface area contributed by atoms with Crippen LogP contribution in [0.1, 0.15) is 5.56 Å². The van der Waals surface area contributed by atoms with Gasteiger partial charge in [0.25, 0.3) is 0 Å². The molecule has 0 spiro atoms. The Labute approximate surface area is 196 Å². The van der Waals surface area contributed by atoms with Crippen LogP contribution in [-0.4, -0.2) is 21.0 Å². The third-order valence-corrected chi connectivity index (χ3v) is 5.58. The minimum atomic E-state index is -0.358. The van der Waals surface area contributed by atoms with Gasteiger partial charge in [-0.2, -0.15) is 29.5 Å².